The first-order chi connectivity index (χ1) is 16.1. The molecule has 9 heteroatoms. The van der Waals surface area contributed by atoms with Gasteiger partial charge in [-0.05, 0) is 51.5 Å². The number of anilines is 1. The van der Waals surface area contributed by atoms with Gasteiger partial charge in [-0.3, -0.25) is 4.68 Å². The number of fused-ring (bicyclic) bond motifs is 1. The molecule has 3 aromatic rings. The molecule has 1 aliphatic carbocycles. The first kappa shape index (κ1) is 22.3. The minimum atomic E-state index is -0.190. The van der Waals surface area contributed by atoms with Crippen molar-refractivity contribution in [3.05, 3.63) is 30.4 Å². The molecule has 0 radical (unpaired) electrons. The van der Waals surface area contributed by atoms with Gasteiger partial charge in [-0.15, -0.1) is 5.10 Å². The lowest BCUT2D eigenvalue weighted by Crippen LogP contribution is -2.23. The predicted molar refractivity (Wildman–Crippen MR) is 125 cm³/mol. The third kappa shape index (κ3) is 4.90. The molecule has 1 unspecified atom stereocenters. The number of ether oxygens (including phenoxy) is 2. The molecule has 178 valence electrons. The maximum Gasteiger partial charge on any atom is 0.241 e. The van der Waals surface area contributed by atoms with Crippen LogP contribution < -0.4 is 5.32 Å². The third-order valence-corrected chi connectivity index (χ3v) is 6.81. The number of hydrogen-bond acceptors (Lipinski definition) is 7. The summed E-state index contributed by atoms with van der Waals surface area (Å²) in [6, 6.07) is 2.34. The molecule has 2 aliphatic rings. The summed E-state index contributed by atoms with van der Waals surface area (Å²) in [6.45, 7) is 4.25. The van der Waals surface area contributed by atoms with Crippen molar-refractivity contribution in [3.8, 4) is 11.1 Å². The molecule has 2 fully saturated rings. The molecule has 1 aliphatic heterocycles. The Morgan fingerprint density at radius 2 is 2.09 bits per heavy atom. The molecule has 9 nitrogen and oxygen atoms in total. The molecule has 3 aromatic heterocycles. The van der Waals surface area contributed by atoms with E-state index >= 15 is 0 Å². The summed E-state index contributed by atoms with van der Waals surface area (Å²) < 4.78 is 15.0. The van der Waals surface area contributed by atoms with E-state index in [-0.39, 0.29) is 18.2 Å². The highest BCUT2D eigenvalue weighted by Gasteiger charge is 2.26. The fraction of sp³-hybridized carbons (Fsp3) is 0.625. The summed E-state index contributed by atoms with van der Waals surface area (Å²) in [7, 11) is 1.69. The number of aromatic nitrogens is 5. The van der Waals surface area contributed by atoms with Crippen LogP contribution in [0, 0.1) is 0 Å². The summed E-state index contributed by atoms with van der Waals surface area (Å²) in [4.78, 5) is 4.59. The highest BCUT2D eigenvalue weighted by atomic mass is 16.5. The third-order valence-electron chi connectivity index (χ3n) is 6.81. The Morgan fingerprint density at radius 3 is 2.85 bits per heavy atom. The Kier molecular flexibility index (Phi) is 6.62. The standard InChI is InChI=1S/C24H34N6O3/c1-16(15-32-2)27-24-25-12-23-21(18-11-26-29(13-18)14-20-4-3-9-33-20)10-22(30(23)28-24)17-5-7-19(31)8-6-17/h10-13,16-17,19-20,31H,3-9,14-15H2,1-2H3,(H,27,28)/t16-,17?,19?,20?/m0/s1. The molecule has 2 N–H and O–H groups in total. The molecule has 5 rings (SSSR count). The molecule has 0 spiro atoms. The van der Waals surface area contributed by atoms with E-state index in [2.05, 4.69) is 27.7 Å². The van der Waals surface area contributed by atoms with E-state index in [1.165, 1.54) is 5.69 Å². The maximum absolute atomic E-state index is 10.0. The van der Waals surface area contributed by atoms with Gasteiger partial charge in [-0.1, -0.05) is 0 Å². The average molecular weight is 455 g/mol. The molecule has 4 heterocycles. The number of aliphatic hydroxyl groups is 1. The predicted octanol–water partition coefficient (Wildman–Crippen LogP) is 3.24. The SMILES string of the molecule is COC[C@H](C)Nc1ncc2c(-c3cnn(CC4CCCO4)c3)cc(C3CCC(O)CC3)n2n1. The first-order valence-corrected chi connectivity index (χ1v) is 12.1. The van der Waals surface area contributed by atoms with Crippen molar-refractivity contribution < 1.29 is 14.6 Å². The van der Waals surface area contributed by atoms with Gasteiger partial charge in [0, 0.05) is 48.7 Å². The van der Waals surface area contributed by atoms with E-state index < -0.39 is 0 Å². The summed E-state index contributed by atoms with van der Waals surface area (Å²) in [5, 5.41) is 22.8. The fourth-order valence-electron chi connectivity index (χ4n) is 5.09. The number of methoxy groups -OCH3 is 1. The second-order valence-corrected chi connectivity index (χ2v) is 9.45. The highest BCUT2D eigenvalue weighted by molar-refractivity contribution is 5.81. The van der Waals surface area contributed by atoms with Crippen molar-refractivity contribution in [2.75, 3.05) is 25.6 Å². The summed E-state index contributed by atoms with van der Waals surface area (Å²) in [5.41, 5.74) is 4.29. The Hall–Kier alpha value is -2.49. The zero-order chi connectivity index (χ0) is 22.8. The number of nitrogens with zero attached hydrogens (tertiary/aromatic N) is 5. The van der Waals surface area contributed by atoms with E-state index in [0.29, 0.717) is 18.5 Å². The zero-order valence-electron chi connectivity index (χ0n) is 19.5. The van der Waals surface area contributed by atoms with Crippen LogP contribution in [-0.4, -0.2) is 68.1 Å². The maximum atomic E-state index is 10.0. The molecular weight excluding hydrogens is 420 g/mol. The minimum Gasteiger partial charge on any atom is -0.393 e. The van der Waals surface area contributed by atoms with E-state index in [9.17, 15) is 5.11 Å². The van der Waals surface area contributed by atoms with Crippen LogP contribution in [0.2, 0.25) is 0 Å². The molecule has 2 atom stereocenters. The summed E-state index contributed by atoms with van der Waals surface area (Å²) in [6.07, 6.45) is 11.7. The van der Waals surface area contributed by atoms with Crippen molar-refractivity contribution in [2.24, 2.45) is 0 Å². The molecule has 0 aromatic carbocycles. The second kappa shape index (κ2) is 9.79. The van der Waals surface area contributed by atoms with Crippen LogP contribution in [-0.2, 0) is 16.0 Å². The molecule has 1 saturated heterocycles. The van der Waals surface area contributed by atoms with Crippen molar-refractivity contribution in [2.45, 2.75) is 76.2 Å². The van der Waals surface area contributed by atoms with Gasteiger partial charge >= 0.3 is 0 Å². The van der Waals surface area contributed by atoms with Gasteiger partial charge in [0.2, 0.25) is 5.95 Å². The van der Waals surface area contributed by atoms with E-state index in [4.69, 9.17) is 14.6 Å². The number of hydrogen-bond donors (Lipinski definition) is 2. The van der Waals surface area contributed by atoms with E-state index in [1.807, 2.05) is 28.5 Å². The highest BCUT2D eigenvalue weighted by Crippen LogP contribution is 2.37. The van der Waals surface area contributed by atoms with Gasteiger partial charge < -0.3 is 19.9 Å². The monoisotopic (exact) mass is 454 g/mol. The van der Waals surface area contributed by atoms with Crippen molar-refractivity contribution in [1.29, 1.82) is 0 Å². The van der Waals surface area contributed by atoms with Crippen molar-refractivity contribution in [3.63, 3.8) is 0 Å². The molecule has 33 heavy (non-hydrogen) atoms. The van der Waals surface area contributed by atoms with E-state index in [1.54, 1.807) is 7.11 Å². The lowest BCUT2D eigenvalue weighted by molar-refractivity contribution is 0.0940. The summed E-state index contributed by atoms with van der Waals surface area (Å²) in [5.74, 6) is 0.941. The minimum absolute atomic E-state index is 0.104. The van der Waals surface area contributed by atoms with Crippen LogP contribution in [0.3, 0.4) is 0 Å². The molecule has 0 bridgehead atoms. The number of aliphatic hydroxyl groups excluding tert-OH is 1. The second-order valence-electron chi connectivity index (χ2n) is 9.45. The Balaban J connectivity index is 1.48. The molecular formula is C24H34N6O3. The van der Waals surface area contributed by atoms with Gasteiger partial charge in [-0.2, -0.15) is 5.10 Å². The lowest BCUT2D eigenvalue weighted by atomic mass is 9.85. The number of nitrogens with one attached hydrogen (secondary N) is 1. The van der Waals surface area contributed by atoms with Crippen LogP contribution in [0.15, 0.2) is 24.7 Å². The molecule has 1 saturated carbocycles. The average Bonchev–Trinajstić information content (AvgIpc) is 3.55. The van der Waals surface area contributed by atoms with E-state index in [0.717, 1.165) is 68.3 Å². The fourth-order valence-corrected chi connectivity index (χ4v) is 5.09. The van der Waals surface area contributed by atoms with Gasteiger partial charge in [0.25, 0.3) is 0 Å². The quantitative estimate of drug-likeness (QED) is 0.539. The largest absolute Gasteiger partial charge is 0.393 e. The van der Waals surface area contributed by atoms with Gasteiger partial charge in [0.1, 0.15) is 0 Å². The van der Waals surface area contributed by atoms with Gasteiger partial charge in [0.05, 0.1) is 43.3 Å². The van der Waals surface area contributed by atoms with Crippen LogP contribution in [0.5, 0.6) is 0 Å². The Labute approximate surface area is 194 Å². The van der Waals surface area contributed by atoms with Crippen LogP contribution >= 0.6 is 0 Å². The first-order valence-electron chi connectivity index (χ1n) is 12.1. The van der Waals surface area contributed by atoms with Crippen molar-refractivity contribution in [1.82, 2.24) is 24.4 Å². The Morgan fingerprint density at radius 1 is 1.24 bits per heavy atom. The van der Waals surface area contributed by atoms with Crippen LogP contribution in [0.4, 0.5) is 5.95 Å². The zero-order valence-corrected chi connectivity index (χ0v) is 19.5. The lowest BCUT2D eigenvalue weighted by Gasteiger charge is -2.25. The Bertz CT molecular complexity index is 1070. The van der Waals surface area contributed by atoms with Gasteiger partial charge in [-0.25, -0.2) is 9.50 Å². The van der Waals surface area contributed by atoms with Gasteiger partial charge in [0.15, 0.2) is 0 Å². The molecule has 0 amide bonds. The summed E-state index contributed by atoms with van der Waals surface area (Å²) >= 11 is 0. The normalized spacial score (nSPS) is 24.4. The van der Waals surface area contributed by atoms with Crippen LogP contribution in [0.25, 0.3) is 16.6 Å². The van der Waals surface area contributed by atoms with Crippen LogP contribution in [0.1, 0.15) is 57.1 Å². The van der Waals surface area contributed by atoms with Crippen molar-refractivity contribution >= 4 is 11.5 Å². The topological polar surface area (TPSA) is 98.7 Å². The number of rotatable bonds is 8. The smallest absolute Gasteiger partial charge is 0.241 e.